The SMILES string of the molecule is CCOC(=O)C1=C(C)N=c2s/c(=C/c3c(C)n(Cc4ccc(Cl)c(Cl)c4)c4ccccc34)c(=O)n2[C@H]1c1ccc(OC(C)C)c(OC)c1. The van der Waals surface area contributed by atoms with Crippen molar-refractivity contribution in [3.05, 3.63) is 124 Å². The molecule has 6 rings (SSSR count). The summed E-state index contributed by atoms with van der Waals surface area (Å²) in [5, 5.41) is 2.01. The van der Waals surface area contributed by atoms with Gasteiger partial charge in [0.15, 0.2) is 16.3 Å². The van der Waals surface area contributed by atoms with Crippen LogP contribution in [0.15, 0.2) is 81.7 Å². The van der Waals surface area contributed by atoms with Gasteiger partial charge >= 0.3 is 5.97 Å². The smallest absolute Gasteiger partial charge is 0.338 e. The van der Waals surface area contributed by atoms with Crippen molar-refractivity contribution < 1.29 is 19.0 Å². The van der Waals surface area contributed by atoms with Crippen molar-refractivity contribution in [2.24, 2.45) is 4.99 Å². The van der Waals surface area contributed by atoms with Crippen LogP contribution >= 0.6 is 34.5 Å². The maximum absolute atomic E-state index is 14.4. The zero-order valence-electron chi connectivity index (χ0n) is 27.5. The molecule has 1 aliphatic rings. The summed E-state index contributed by atoms with van der Waals surface area (Å²) < 4.78 is 21.4. The molecule has 0 unspecified atom stereocenters. The summed E-state index contributed by atoms with van der Waals surface area (Å²) in [6.45, 7) is 10.2. The standard InChI is InChI=1S/C37H35Cl2N3O5S/c1-7-46-36(44)33-21(4)40-37-42(34(33)24-13-15-30(47-20(2)3)31(17-24)45-6)35(43)32(48-37)18-26-22(5)41(29-11-9-8-10-25(26)29)19-23-12-14-27(38)28(39)16-23/h8-18,20,34H,7,19H2,1-6H3/b32-18+/t34-/m0/s1. The van der Waals surface area contributed by atoms with E-state index in [0.29, 0.717) is 54.3 Å². The molecule has 0 radical (unpaired) electrons. The Morgan fingerprint density at radius 1 is 1.04 bits per heavy atom. The van der Waals surface area contributed by atoms with Crippen LogP contribution in [0.2, 0.25) is 10.0 Å². The quantitative estimate of drug-likeness (QED) is 0.152. The molecule has 11 heteroatoms. The van der Waals surface area contributed by atoms with E-state index in [4.69, 9.17) is 42.4 Å². The second-order valence-electron chi connectivity index (χ2n) is 11.7. The summed E-state index contributed by atoms with van der Waals surface area (Å²) in [5.41, 5.74) is 5.12. The summed E-state index contributed by atoms with van der Waals surface area (Å²) in [7, 11) is 1.56. The zero-order valence-corrected chi connectivity index (χ0v) is 29.8. The maximum atomic E-state index is 14.4. The highest BCUT2D eigenvalue weighted by Crippen LogP contribution is 2.37. The molecule has 248 valence electrons. The number of hydrogen-bond acceptors (Lipinski definition) is 7. The molecule has 5 aromatic rings. The molecule has 0 saturated heterocycles. The van der Waals surface area contributed by atoms with E-state index in [1.165, 1.54) is 11.3 Å². The van der Waals surface area contributed by atoms with Gasteiger partial charge in [0, 0.05) is 28.7 Å². The number of rotatable bonds is 9. The lowest BCUT2D eigenvalue weighted by molar-refractivity contribution is -0.139. The molecule has 0 saturated carbocycles. The third-order valence-electron chi connectivity index (χ3n) is 8.26. The average molecular weight is 705 g/mol. The molecule has 8 nitrogen and oxygen atoms in total. The van der Waals surface area contributed by atoms with Gasteiger partial charge in [-0.25, -0.2) is 9.79 Å². The lowest BCUT2D eigenvalue weighted by Crippen LogP contribution is -2.40. The molecule has 0 amide bonds. The topological polar surface area (TPSA) is 84.1 Å². The molecule has 0 N–H and O–H groups in total. The minimum atomic E-state index is -0.790. The summed E-state index contributed by atoms with van der Waals surface area (Å²) in [6.07, 6.45) is 1.85. The van der Waals surface area contributed by atoms with Gasteiger partial charge < -0.3 is 18.8 Å². The largest absolute Gasteiger partial charge is 0.493 e. The summed E-state index contributed by atoms with van der Waals surface area (Å²) in [5.74, 6) is 0.530. The normalized spacial score (nSPS) is 14.8. The first-order valence-corrected chi connectivity index (χ1v) is 17.2. The van der Waals surface area contributed by atoms with Gasteiger partial charge in [-0.2, -0.15) is 0 Å². The maximum Gasteiger partial charge on any atom is 0.338 e. The average Bonchev–Trinajstić information content (AvgIpc) is 3.50. The Labute approximate surface area is 292 Å². The number of esters is 1. The van der Waals surface area contributed by atoms with Crippen molar-refractivity contribution in [3.63, 3.8) is 0 Å². The lowest BCUT2D eigenvalue weighted by atomic mass is 9.95. The van der Waals surface area contributed by atoms with E-state index in [-0.39, 0.29) is 18.3 Å². The van der Waals surface area contributed by atoms with E-state index in [1.807, 2.05) is 57.2 Å². The Morgan fingerprint density at radius 2 is 1.81 bits per heavy atom. The molecule has 1 atom stereocenters. The highest BCUT2D eigenvalue weighted by molar-refractivity contribution is 7.07. The molecule has 48 heavy (non-hydrogen) atoms. The lowest BCUT2D eigenvalue weighted by Gasteiger charge is -2.25. The molecular formula is C37H35Cl2N3O5S. The minimum absolute atomic E-state index is 0.0713. The molecule has 0 fully saturated rings. The van der Waals surface area contributed by atoms with Gasteiger partial charge in [0.1, 0.15) is 0 Å². The Balaban J connectivity index is 1.53. The van der Waals surface area contributed by atoms with Crippen molar-refractivity contribution in [2.75, 3.05) is 13.7 Å². The van der Waals surface area contributed by atoms with Gasteiger partial charge in [-0.1, -0.05) is 64.9 Å². The van der Waals surface area contributed by atoms with Crippen LogP contribution in [-0.2, 0) is 16.1 Å². The number of carbonyl (C=O) groups excluding carboxylic acids is 1. The van der Waals surface area contributed by atoms with Gasteiger partial charge in [0.05, 0.1) is 51.7 Å². The number of benzene rings is 3. The Hall–Kier alpha value is -4.31. The number of ether oxygens (including phenoxy) is 3. The second kappa shape index (κ2) is 13.7. The van der Waals surface area contributed by atoms with Gasteiger partial charge in [-0.15, -0.1) is 0 Å². The van der Waals surface area contributed by atoms with Crippen molar-refractivity contribution in [1.82, 2.24) is 9.13 Å². The van der Waals surface area contributed by atoms with E-state index >= 15 is 0 Å². The number of hydrogen-bond donors (Lipinski definition) is 0. The number of fused-ring (bicyclic) bond motifs is 2. The van der Waals surface area contributed by atoms with E-state index in [9.17, 15) is 9.59 Å². The predicted octanol–water partition coefficient (Wildman–Crippen LogP) is 7.21. The Morgan fingerprint density at radius 3 is 2.52 bits per heavy atom. The van der Waals surface area contributed by atoms with Crippen LogP contribution < -0.4 is 24.4 Å². The fraction of sp³-hybridized carbons (Fsp3) is 0.270. The number of allylic oxidation sites excluding steroid dienone is 1. The van der Waals surface area contributed by atoms with E-state index in [0.717, 1.165) is 27.7 Å². The number of carbonyl (C=O) groups is 1. The first-order chi connectivity index (χ1) is 23.0. The first kappa shape index (κ1) is 33.6. The molecular weight excluding hydrogens is 669 g/mol. The molecule has 3 aromatic carbocycles. The fourth-order valence-electron chi connectivity index (χ4n) is 6.11. The van der Waals surface area contributed by atoms with Crippen molar-refractivity contribution in [3.8, 4) is 11.5 Å². The monoisotopic (exact) mass is 703 g/mol. The summed E-state index contributed by atoms with van der Waals surface area (Å²) >= 11 is 13.8. The van der Waals surface area contributed by atoms with Crippen LogP contribution in [0.3, 0.4) is 0 Å². The van der Waals surface area contributed by atoms with E-state index in [2.05, 4.69) is 16.7 Å². The Bertz CT molecular complexity index is 2280. The summed E-state index contributed by atoms with van der Waals surface area (Å²) in [4.78, 5) is 33.1. The fourth-order valence-corrected chi connectivity index (χ4v) is 7.46. The van der Waals surface area contributed by atoms with Crippen LogP contribution in [0.1, 0.15) is 56.1 Å². The molecule has 0 aliphatic carbocycles. The predicted molar refractivity (Wildman–Crippen MR) is 191 cm³/mol. The molecule has 0 bridgehead atoms. The number of para-hydroxylation sites is 1. The minimum Gasteiger partial charge on any atom is -0.493 e. The van der Waals surface area contributed by atoms with Crippen LogP contribution in [0.4, 0.5) is 0 Å². The van der Waals surface area contributed by atoms with Crippen LogP contribution in [0.5, 0.6) is 11.5 Å². The third kappa shape index (κ3) is 6.18. The number of methoxy groups -OCH3 is 1. The first-order valence-electron chi connectivity index (χ1n) is 15.6. The van der Waals surface area contributed by atoms with Crippen molar-refractivity contribution in [1.29, 1.82) is 0 Å². The number of aromatic nitrogens is 2. The van der Waals surface area contributed by atoms with E-state index < -0.39 is 12.0 Å². The third-order valence-corrected chi connectivity index (χ3v) is 9.98. The molecule has 2 aromatic heterocycles. The van der Waals surface area contributed by atoms with Crippen molar-refractivity contribution >= 4 is 57.5 Å². The highest BCUT2D eigenvalue weighted by atomic mass is 35.5. The highest BCUT2D eigenvalue weighted by Gasteiger charge is 2.34. The molecule has 1 aliphatic heterocycles. The van der Waals surface area contributed by atoms with Crippen LogP contribution in [0.25, 0.3) is 17.0 Å². The van der Waals surface area contributed by atoms with Crippen LogP contribution in [0, 0.1) is 6.92 Å². The Kier molecular flexibility index (Phi) is 9.56. The van der Waals surface area contributed by atoms with Gasteiger partial charge in [-0.05, 0) is 82.2 Å². The van der Waals surface area contributed by atoms with Gasteiger partial charge in [0.2, 0.25) is 0 Å². The number of nitrogens with zero attached hydrogens (tertiary/aromatic N) is 3. The van der Waals surface area contributed by atoms with Crippen LogP contribution in [-0.4, -0.2) is 34.9 Å². The second-order valence-corrected chi connectivity index (χ2v) is 13.6. The summed E-state index contributed by atoms with van der Waals surface area (Å²) in [6, 6.07) is 18.4. The molecule has 0 spiro atoms. The molecule has 3 heterocycles. The van der Waals surface area contributed by atoms with Crippen molar-refractivity contribution in [2.45, 2.75) is 53.3 Å². The van der Waals surface area contributed by atoms with Gasteiger partial charge in [0.25, 0.3) is 5.56 Å². The van der Waals surface area contributed by atoms with Gasteiger partial charge in [-0.3, -0.25) is 9.36 Å². The number of halogens is 2. The van der Waals surface area contributed by atoms with E-state index in [1.54, 1.807) is 43.7 Å². The number of thiazole rings is 1. The zero-order chi connectivity index (χ0) is 34.3.